The summed E-state index contributed by atoms with van der Waals surface area (Å²) >= 11 is 0. The number of nitrogens with zero attached hydrogens (tertiary/aromatic N) is 1. The third-order valence-corrected chi connectivity index (χ3v) is 4.55. The molecule has 2 aromatic carbocycles. The Morgan fingerprint density at radius 2 is 1.83 bits per heavy atom. The second-order valence-electron chi connectivity index (χ2n) is 6.55. The predicted molar refractivity (Wildman–Crippen MR) is 113 cm³/mol. The van der Waals surface area contributed by atoms with Crippen LogP contribution in [0.4, 0.5) is 5.69 Å². The fourth-order valence-electron chi connectivity index (χ4n) is 3.19. The highest BCUT2D eigenvalue weighted by Gasteiger charge is 2.38. The Labute approximate surface area is 170 Å². The first-order valence-electron chi connectivity index (χ1n) is 9.36. The van der Waals surface area contributed by atoms with Crippen LogP contribution in [0.2, 0.25) is 0 Å². The van der Waals surface area contributed by atoms with Crippen molar-refractivity contribution in [1.82, 2.24) is 4.90 Å². The van der Waals surface area contributed by atoms with Crippen molar-refractivity contribution in [3.8, 4) is 11.5 Å². The number of benzene rings is 2. The number of amides is 2. The Balaban J connectivity index is 2.08. The van der Waals surface area contributed by atoms with Crippen LogP contribution >= 0.6 is 0 Å². The number of hydrogen-bond acceptors (Lipinski definition) is 5. The monoisotopic (exact) mass is 392 g/mol. The number of nitrogens with one attached hydrogen (secondary N) is 1. The van der Waals surface area contributed by atoms with Crippen LogP contribution in [0.25, 0.3) is 5.57 Å². The number of imide groups is 1. The first-order valence-corrected chi connectivity index (χ1v) is 9.36. The molecule has 6 nitrogen and oxygen atoms in total. The molecule has 6 heteroatoms. The van der Waals surface area contributed by atoms with E-state index in [1.807, 2.05) is 32.0 Å². The molecule has 0 bridgehead atoms. The third kappa shape index (κ3) is 4.01. The zero-order valence-electron chi connectivity index (χ0n) is 16.8. The standard InChI is InChI=1S/C23H24N2O4/c1-5-13-25-22(26)20(16-8-10-17(11-9-16)29-6-2)21(23(25)27)24-18-14-15(3)7-12-19(18)28-4/h5,7-12,14,24H,1,6,13H2,2-4H3. The molecule has 3 rings (SSSR count). The van der Waals surface area contributed by atoms with Crippen LogP contribution in [-0.4, -0.2) is 37.0 Å². The molecule has 0 radical (unpaired) electrons. The van der Waals surface area contributed by atoms with Crippen molar-refractivity contribution in [2.75, 3.05) is 25.6 Å². The summed E-state index contributed by atoms with van der Waals surface area (Å²) in [5.74, 6) is 0.513. The molecule has 0 atom stereocenters. The van der Waals surface area contributed by atoms with E-state index in [0.29, 0.717) is 34.9 Å². The lowest BCUT2D eigenvalue weighted by molar-refractivity contribution is -0.136. The van der Waals surface area contributed by atoms with Gasteiger partial charge in [-0.15, -0.1) is 6.58 Å². The molecule has 1 N–H and O–H groups in total. The van der Waals surface area contributed by atoms with E-state index in [1.165, 1.54) is 11.0 Å². The summed E-state index contributed by atoms with van der Waals surface area (Å²) in [5, 5.41) is 3.14. The van der Waals surface area contributed by atoms with Gasteiger partial charge in [0.1, 0.15) is 17.2 Å². The number of carbonyl (C=O) groups excluding carboxylic acids is 2. The molecule has 2 amide bonds. The van der Waals surface area contributed by atoms with Gasteiger partial charge >= 0.3 is 0 Å². The minimum atomic E-state index is -0.401. The topological polar surface area (TPSA) is 67.9 Å². The van der Waals surface area contributed by atoms with Gasteiger partial charge in [-0.3, -0.25) is 14.5 Å². The smallest absolute Gasteiger partial charge is 0.278 e. The molecule has 1 heterocycles. The lowest BCUT2D eigenvalue weighted by atomic mass is 10.0. The highest BCUT2D eigenvalue weighted by molar-refractivity contribution is 6.36. The van der Waals surface area contributed by atoms with Crippen LogP contribution in [0.5, 0.6) is 11.5 Å². The van der Waals surface area contributed by atoms with Crippen LogP contribution in [-0.2, 0) is 9.59 Å². The molecule has 0 fully saturated rings. The Bertz CT molecular complexity index is 977. The summed E-state index contributed by atoms with van der Waals surface area (Å²) in [6.07, 6.45) is 1.53. The van der Waals surface area contributed by atoms with Crippen LogP contribution in [0.15, 0.2) is 60.8 Å². The average molecular weight is 392 g/mol. The minimum Gasteiger partial charge on any atom is -0.495 e. The van der Waals surface area contributed by atoms with Crippen molar-refractivity contribution in [3.63, 3.8) is 0 Å². The molecule has 0 saturated heterocycles. The summed E-state index contributed by atoms with van der Waals surface area (Å²) in [4.78, 5) is 27.2. The van der Waals surface area contributed by atoms with Gasteiger partial charge in [0.05, 0.1) is 25.0 Å². The van der Waals surface area contributed by atoms with Crippen molar-refractivity contribution in [2.24, 2.45) is 0 Å². The lowest BCUT2D eigenvalue weighted by Crippen LogP contribution is -2.32. The van der Waals surface area contributed by atoms with E-state index in [4.69, 9.17) is 9.47 Å². The van der Waals surface area contributed by atoms with Gasteiger partial charge < -0.3 is 14.8 Å². The second kappa shape index (κ2) is 8.65. The summed E-state index contributed by atoms with van der Waals surface area (Å²) in [6, 6.07) is 12.7. The molecule has 150 valence electrons. The third-order valence-electron chi connectivity index (χ3n) is 4.55. The van der Waals surface area contributed by atoms with Gasteiger partial charge in [-0.05, 0) is 49.2 Å². The second-order valence-corrected chi connectivity index (χ2v) is 6.55. The molecule has 2 aromatic rings. The highest BCUT2D eigenvalue weighted by atomic mass is 16.5. The van der Waals surface area contributed by atoms with E-state index in [0.717, 1.165) is 5.56 Å². The molecule has 0 aliphatic carbocycles. The Hall–Kier alpha value is -3.54. The Kier molecular flexibility index (Phi) is 6.02. The fourth-order valence-corrected chi connectivity index (χ4v) is 3.19. The van der Waals surface area contributed by atoms with E-state index in [-0.39, 0.29) is 18.1 Å². The molecule has 29 heavy (non-hydrogen) atoms. The number of rotatable bonds is 8. The van der Waals surface area contributed by atoms with E-state index in [1.54, 1.807) is 31.4 Å². The quantitative estimate of drug-likeness (QED) is 0.547. The maximum absolute atomic E-state index is 13.0. The van der Waals surface area contributed by atoms with Crippen LogP contribution in [0.1, 0.15) is 18.1 Å². The predicted octanol–water partition coefficient (Wildman–Crippen LogP) is 3.78. The Morgan fingerprint density at radius 1 is 1.10 bits per heavy atom. The van der Waals surface area contributed by atoms with Gasteiger partial charge in [0, 0.05) is 6.54 Å². The molecule has 0 aromatic heterocycles. The van der Waals surface area contributed by atoms with E-state index >= 15 is 0 Å². The lowest BCUT2D eigenvalue weighted by Gasteiger charge is -2.14. The average Bonchev–Trinajstić information content (AvgIpc) is 2.94. The van der Waals surface area contributed by atoms with Crippen LogP contribution < -0.4 is 14.8 Å². The molecule has 1 aliphatic heterocycles. The molecule has 0 unspecified atom stereocenters. The van der Waals surface area contributed by atoms with Gasteiger partial charge in [-0.1, -0.05) is 24.3 Å². The summed E-state index contributed by atoms with van der Waals surface area (Å²) in [5.41, 5.74) is 2.77. The van der Waals surface area contributed by atoms with Crippen molar-refractivity contribution in [1.29, 1.82) is 0 Å². The highest BCUT2D eigenvalue weighted by Crippen LogP contribution is 2.34. The zero-order chi connectivity index (χ0) is 21.0. The van der Waals surface area contributed by atoms with Gasteiger partial charge in [0.2, 0.25) is 0 Å². The number of methoxy groups -OCH3 is 1. The zero-order valence-corrected chi connectivity index (χ0v) is 16.8. The Morgan fingerprint density at radius 3 is 2.45 bits per heavy atom. The molecule has 0 spiro atoms. The van der Waals surface area contributed by atoms with Gasteiger partial charge in [-0.2, -0.15) is 0 Å². The maximum atomic E-state index is 13.0. The number of ether oxygens (including phenoxy) is 2. The van der Waals surface area contributed by atoms with E-state index < -0.39 is 5.91 Å². The van der Waals surface area contributed by atoms with Crippen molar-refractivity contribution in [2.45, 2.75) is 13.8 Å². The SMILES string of the molecule is C=CCN1C(=O)C(Nc2cc(C)ccc2OC)=C(c2ccc(OCC)cc2)C1=O. The molecule has 0 saturated carbocycles. The number of aryl methyl sites for hydroxylation is 1. The van der Waals surface area contributed by atoms with E-state index in [9.17, 15) is 9.59 Å². The van der Waals surface area contributed by atoms with E-state index in [2.05, 4.69) is 11.9 Å². The van der Waals surface area contributed by atoms with Crippen molar-refractivity contribution >= 4 is 23.1 Å². The molecular formula is C23H24N2O4. The van der Waals surface area contributed by atoms with Crippen LogP contribution in [0, 0.1) is 6.92 Å². The largest absolute Gasteiger partial charge is 0.495 e. The maximum Gasteiger partial charge on any atom is 0.278 e. The van der Waals surface area contributed by atoms with Crippen molar-refractivity contribution < 1.29 is 19.1 Å². The summed E-state index contributed by atoms with van der Waals surface area (Å²) in [7, 11) is 1.56. The fraction of sp³-hybridized carbons (Fsp3) is 0.217. The first-order chi connectivity index (χ1) is 14.0. The summed E-state index contributed by atoms with van der Waals surface area (Å²) in [6.45, 7) is 8.18. The molecular weight excluding hydrogens is 368 g/mol. The van der Waals surface area contributed by atoms with Gasteiger partial charge in [-0.25, -0.2) is 0 Å². The minimum absolute atomic E-state index is 0.133. The summed E-state index contributed by atoms with van der Waals surface area (Å²) < 4.78 is 10.9. The normalized spacial score (nSPS) is 13.7. The number of anilines is 1. The number of carbonyl (C=O) groups is 2. The number of hydrogen-bond donors (Lipinski definition) is 1. The van der Waals surface area contributed by atoms with Crippen LogP contribution in [0.3, 0.4) is 0 Å². The van der Waals surface area contributed by atoms with Gasteiger partial charge in [0.25, 0.3) is 11.8 Å². The molecule has 1 aliphatic rings. The van der Waals surface area contributed by atoms with Gasteiger partial charge in [0.15, 0.2) is 0 Å². The van der Waals surface area contributed by atoms with Crippen molar-refractivity contribution in [3.05, 3.63) is 71.9 Å². The first kappa shape index (κ1) is 20.2.